The zero-order valence-electron chi connectivity index (χ0n) is 13.1. The standard InChI is InChI=1S/C17H19NO4S/c1-21-13-7-12(8-14(9-13)22-2)16(17(19)20)18-5-3-15-11(10-18)4-6-23-15/h4,6-9,16H,3,5,10H2,1-2H3,(H,19,20). The van der Waals surface area contributed by atoms with Crippen LogP contribution in [-0.2, 0) is 17.8 Å². The molecule has 23 heavy (non-hydrogen) atoms. The lowest BCUT2D eigenvalue weighted by Gasteiger charge is -2.32. The van der Waals surface area contributed by atoms with Gasteiger partial charge < -0.3 is 14.6 Å². The molecule has 122 valence electrons. The molecule has 5 nitrogen and oxygen atoms in total. The van der Waals surface area contributed by atoms with Crippen molar-refractivity contribution in [1.29, 1.82) is 0 Å². The molecule has 2 heterocycles. The van der Waals surface area contributed by atoms with Crippen LogP contribution in [0.5, 0.6) is 11.5 Å². The summed E-state index contributed by atoms with van der Waals surface area (Å²) in [6, 6.07) is 6.65. The summed E-state index contributed by atoms with van der Waals surface area (Å²) < 4.78 is 10.5. The number of carbonyl (C=O) groups is 1. The molecule has 0 spiro atoms. The van der Waals surface area contributed by atoms with Gasteiger partial charge in [0.1, 0.15) is 17.5 Å². The number of hydrogen-bond donors (Lipinski definition) is 1. The summed E-state index contributed by atoms with van der Waals surface area (Å²) in [5, 5.41) is 11.9. The second kappa shape index (κ2) is 6.60. The van der Waals surface area contributed by atoms with Crippen LogP contribution in [0.15, 0.2) is 29.6 Å². The maximum atomic E-state index is 11.9. The van der Waals surface area contributed by atoms with Crippen molar-refractivity contribution >= 4 is 17.3 Å². The third kappa shape index (κ3) is 3.18. The summed E-state index contributed by atoms with van der Waals surface area (Å²) in [7, 11) is 3.12. The summed E-state index contributed by atoms with van der Waals surface area (Å²) in [4.78, 5) is 15.3. The number of benzene rings is 1. The van der Waals surface area contributed by atoms with Crippen molar-refractivity contribution in [3.63, 3.8) is 0 Å². The fourth-order valence-corrected chi connectivity index (χ4v) is 3.88. The summed E-state index contributed by atoms with van der Waals surface area (Å²) in [6.45, 7) is 1.37. The monoisotopic (exact) mass is 333 g/mol. The second-order valence-electron chi connectivity index (χ2n) is 5.48. The summed E-state index contributed by atoms with van der Waals surface area (Å²) in [5.74, 6) is 0.330. The fourth-order valence-electron chi connectivity index (χ4n) is 2.99. The van der Waals surface area contributed by atoms with Crippen molar-refractivity contribution in [2.24, 2.45) is 0 Å². The van der Waals surface area contributed by atoms with Gasteiger partial charge in [0.25, 0.3) is 0 Å². The molecule has 0 aliphatic carbocycles. The van der Waals surface area contributed by atoms with Crippen LogP contribution in [0.4, 0.5) is 0 Å². The lowest BCUT2D eigenvalue weighted by Crippen LogP contribution is -2.37. The molecule has 1 aliphatic rings. The molecule has 1 N–H and O–H groups in total. The molecule has 6 heteroatoms. The highest BCUT2D eigenvalue weighted by Gasteiger charge is 2.31. The van der Waals surface area contributed by atoms with E-state index in [-0.39, 0.29) is 0 Å². The predicted octanol–water partition coefficient (Wildman–Crippen LogP) is 2.95. The Balaban J connectivity index is 1.95. The van der Waals surface area contributed by atoms with Gasteiger partial charge in [-0.3, -0.25) is 9.69 Å². The number of hydrogen-bond acceptors (Lipinski definition) is 5. The van der Waals surface area contributed by atoms with E-state index in [9.17, 15) is 9.90 Å². The van der Waals surface area contributed by atoms with Crippen LogP contribution >= 0.6 is 11.3 Å². The molecule has 0 saturated carbocycles. The zero-order chi connectivity index (χ0) is 16.4. The summed E-state index contributed by atoms with van der Waals surface area (Å²) in [5.41, 5.74) is 1.90. The normalized spacial score (nSPS) is 15.7. The van der Waals surface area contributed by atoms with Crippen LogP contribution in [0.3, 0.4) is 0 Å². The molecule has 1 aromatic carbocycles. The molecule has 0 bridgehead atoms. The van der Waals surface area contributed by atoms with E-state index < -0.39 is 12.0 Å². The minimum Gasteiger partial charge on any atom is -0.497 e. The number of carboxylic acids is 1. The van der Waals surface area contributed by atoms with Crippen molar-refractivity contribution in [3.05, 3.63) is 45.6 Å². The number of ether oxygens (including phenoxy) is 2. The van der Waals surface area contributed by atoms with Gasteiger partial charge in [-0.25, -0.2) is 0 Å². The first-order chi connectivity index (χ1) is 11.1. The third-order valence-electron chi connectivity index (χ3n) is 4.13. The van der Waals surface area contributed by atoms with E-state index in [1.807, 2.05) is 4.90 Å². The van der Waals surface area contributed by atoms with Crippen molar-refractivity contribution in [3.8, 4) is 11.5 Å². The Morgan fingerprint density at radius 2 is 1.96 bits per heavy atom. The van der Waals surface area contributed by atoms with Crippen LogP contribution in [0.25, 0.3) is 0 Å². The highest BCUT2D eigenvalue weighted by Crippen LogP contribution is 2.34. The minimum atomic E-state index is -0.862. The van der Waals surface area contributed by atoms with Gasteiger partial charge in [0, 0.05) is 24.0 Å². The maximum Gasteiger partial charge on any atom is 0.325 e. The number of carboxylic acid groups (broad SMARTS) is 1. The maximum absolute atomic E-state index is 11.9. The average Bonchev–Trinajstić information content (AvgIpc) is 3.02. The van der Waals surface area contributed by atoms with Crippen LogP contribution in [0.2, 0.25) is 0 Å². The highest BCUT2D eigenvalue weighted by atomic mass is 32.1. The van der Waals surface area contributed by atoms with Gasteiger partial charge >= 0.3 is 5.97 Å². The average molecular weight is 333 g/mol. The number of nitrogens with zero attached hydrogens (tertiary/aromatic N) is 1. The molecule has 0 fully saturated rings. The Morgan fingerprint density at radius 1 is 1.26 bits per heavy atom. The SMILES string of the molecule is COc1cc(OC)cc(C(C(=O)O)N2CCc3sccc3C2)c1. The molecule has 0 saturated heterocycles. The number of fused-ring (bicyclic) bond motifs is 1. The topological polar surface area (TPSA) is 59.0 Å². The Hall–Kier alpha value is -2.05. The third-order valence-corrected chi connectivity index (χ3v) is 5.15. The minimum absolute atomic E-state index is 0.596. The van der Waals surface area contributed by atoms with Crippen LogP contribution < -0.4 is 9.47 Å². The zero-order valence-corrected chi connectivity index (χ0v) is 13.9. The van der Waals surface area contributed by atoms with Crippen molar-refractivity contribution in [1.82, 2.24) is 4.90 Å². The van der Waals surface area contributed by atoms with Crippen LogP contribution in [0.1, 0.15) is 22.0 Å². The van der Waals surface area contributed by atoms with E-state index in [0.29, 0.717) is 23.6 Å². The highest BCUT2D eigenvalue weighted by molar-refractivity contribution is 7.10. The van der Waals surface area contributed by atoms with Crippen molar-refractivity contribution in [2.45, 2.75) is 19.0 Å². The molecule has 0 radical (unpaired) electrons. The van der Waals surface area contributed by atoms with Gasteiger partial charge in [-0.1, -0.05) is 0 Å². The van der Waals surface area contributed by atoms with E-state index in [1.165, 1.54) is 10.4 Å². The first kappa shape index (κ1) is 15.8. The smallest absolute Gasteiger partial charge is 0.325 e. The van der Waals surface area contributed by atoms with E-state index in [1.54, 1.807) is 43.8 Å². The molecule has 3 rings (SSSR count). The predicted molar refractivity (Wildman–Crippen MR) is 88.4 cm³/mol. The van der Waals surface area contributed by atoms with Crippen LogP contribution in [0, 0.1) is 0 Å². The molecule has 2 aromatic rings. The molecular formula is C17H19NO4S. The first-order valence-electron chi connectivity index (χ1n) is 7.37. The van der Waals surface area contributed by atoms with E-state index in [0.717, 1.165) is 13.0 Å². The van der Waals surface area contributed by atoms with Gasteiger partial charge in [-0.15, -0.1) is 11.3 Å². The quantitative estimate of drug-likeness (QED) is 0.912. The Morgan fingerprint density at radius 3 is 2.57 bits per heavy atom. The van der Waals surface area contributed by atoms with Gasteiger partial charge in [0.2, 0.25) is 0 Å². The number of aliphatic carboxylic acids is 1. The van der Waals surface area contributed by atoms with Crippen molar-refractivity contribution < 1.29 is 19.4 Å². The lowest BCUT2D eigenvalue weighted by molar-refractivity contribution is -0.144. The van der Waals surface area contributed by atoms with Gasteiger partial charge in [-0.05, 0) is 41.1 Å². The molecule has 1 aromatic heterocycles. The number of methoxy groups -OCH3 is 2. The molecule has 1 unspecified atom stereocenters. The summed E-state index contributed by atoms with van der Waals surface area (Å²) in [6.07, 6.45) is 0.887. The van der Waals surface area contributed by atoms with Crippen LogP contribution in [-0.4, -0.2) is 36.7 Å². The molecule has 1 atom stereocenters. The van der Waals surface area contributed by atoms with Crippen molar-refractivity contribution in [2.75, 3.05) is 20.8 Å². The molecule has 1 aliphatic heterocycles. The lowest BCUT2D eigenvalue weighted by atomic mass is 10.0. The largest absolute Gasteiger partial charge is 0.497 e. The summed E-state index contributed by atoms with van der Waals surface area (Å²) >= 11 is 1.74. The van der Waals surface area contributed by atoms with E-state index in [4.69, 9.17) is 9.47 Å². The second-order valence-corrected chi connectivity index (χ2v) is 6.48. The number of thiophene rings is 1. The first-order valence-corrected chi connectivity index (χ1v) is 8.25. The van der Waals surface area contributed by atoms with Gasteiger partial charge in [-0.2, -0.15) is 0 Å². The van der Waals surface area contributed by atoms with E-state index in [2.05, 4.69) is 11.4 Å². The number of rotatable bonds is 5. The Bertz CT molecular complexity index is 690. The fraction of sp³-hybridized carbons (Fsp3) is 0.353. The van der Waals surface area contributed by atoms with Gasteiger partial charge in [0.15, 0.2) is 0 Å². The molecular weight excluding hydrogens is 314 g/mol. The van der Waals surface area contributed by atoms with Gasteiger partial charge in [0.05, 0.1) is 14.2 Å². The molecule has 0 amide bonds. The Labute approximate surface area is 139 Å². The van der Waals surface area contributed by atoms with E-state index >= 15 is 0 Å². The Kier molecular flexibility index (Phi) is 4.54.